The van der Waals surface area contributed by atoms with E-state index in [9.17, 15) is 0 Å². The van der Waals surface area contributed by atoms with Gasteiger partial charge in [0, 0.05) is 36.2 Å². The van der Waals surface area contributed by atoms with Crippen molar-refractivity contribution >= 4 is 47.0 Å². The monoisotopic (exact) mass is 499 g/mol. The van der Waals surface area contributed by atoms with Crippen molar-refractivity contribution in [1.29, 1.82) is 0 Å². The van der Waals surface area contributed by atoms with E-state index < -0.39 is 0 Å². The fraction of sp³-hybridized carbons (Fsp3) is 0.500. The molecule has 0 bridgehead atoms. The SMILES string of the molecule is CCNC(=NCc1sc(C)nc1C)NC1CCN(c2ccc(C)cc2)C1.I. The number of hydrogen-bond donors (Lipinski definition) is 2. The Balaban J connectivity index is 0.00000261. The van der Waals surface area contributed by atoms with E-state index in [1.54, 1.807) is 11.3 Å². The van der Waals surface area contributed by atoms with Crippen LogP contribution in [0.3, 0.4) is 0 Å². The van der Waals surface area contributed by atoms with Gasteiger partial charge in [-0.15, -0.1) is 35.3 Å². The van der Waals surface area contributed by atoms with Crippen molar-refractivity contribution < 1.29 is 0 Å². The highest BCUT2D eigenvalue weighted by Gasteiger charge is 2.23. The molecule has 2 aromatic rings. The van der Waals surface area contributed by atoms with Crippen molar-refractivity contribution in [2.24, 2.45) is 4.99 Å². The summed E-state index contributed by atoms with van der Waals surface area (Å²) in [4.78, 5) is 13.0. The summed E-state index contributed by atoms with van der Waals surface area (Å²) in [6.07, 6.45) is 1.12. The lowest BCUT2D eigenvalue weighted by molar-refractivity contribution is 0.649. The summed E-state index contributed by atoms with van der Waals surface area (Å²) in [5.41, 5.74) is 3.70. The van der Waals surface area contributed by atoms with Crippen LogP contribution < -0.4 is 15.5 Å². The van der Waals surface area contributed by atoms with Crippen molar-refractivity contribution in [1.82, 2.24) is 15.6 Å². The van der Waals surface area contributed by atoms with Crippen LogP contribution >= 0.6 is 35.3 Å². The van der Waals surface area contributed by atoms with E-state index in [-0.39, 0.29) is 24.0 Å². The van der Waals surface area contributed by atoms with Crippen molar-refractivity contribution in [3.63, 3.8) is 0 Å². The Kier molecular flexibility index (Phi) is 8.34. The number of nitrogens with one attached hydrogen (secondary N) is 2. The van der Waals surface area contributed by atoms with E-state index in [4.69, 9.17) is 4.99 Å². The minimum atomic E-state index is 0. The third kappa shape index (κ3) is 6.07. The van der Waals surface area contributed by atoms with Crippen LogP contribution in [0.1, 0.15) is 34.5 Å². The molecule has 1 aromatic heterocycles. The predicted molar refractivity (Wildman–Crippen MR) is 127 cm³/mol. The number of rotatable bonds is 5. The summed E-state index contributed by atoms with van der Waals surface area (Å²) in [7, 11) is 0. The van der Waals surface area contributed by atoms with Gasteiger partial charge in [0.25, 0.3) is 0 Å². The van der Waals surface area contributed by atoms with Gasteiger partial charge in [0.1, 0.15) is 0 Å². The molecule has 7 heteroatoms. The summed E-state index contributed by atoms with van der Waals surface area (Å²) in [5, 5.41) is 8.09. The van der Waals surface area contributed by atoms with Crippen LogP contribution in [0, 0.1) is 20.8 Å². The van der Waals surface area contributed by atoms with Gasteiger partial charge in [-0.25, -0.2) is 9.98 Å². The number of thiazole rings is 1. The van der Waals surface area contributed by atoms with Crippen molar-refractivity contribution in [2.75, 3.05) is 24.5 Å². The number of aliphatic imine (C=N–C) groups is 1. The molecule has 2 heterocycles. The molecule has 1 saturated heterocycles. The molecule has 2 N–H and O–H groups in total. The molecule has 148 valence electrons. The highest BCUT2D eigenvalue weighted by atomic mass is 127. The Labute approximate surface area is 183 Å². The standard InChI is InChI=1S/C20H29N5S.HI/c1-5-21-20(22-12-19-15(3)23-16(4)26-19)24-17-10-11-25(13-17)18-8-6-14(2)7-9-18;/h6-9,17H,5,10-13H2,1-4H3,(H2,21,22,24);1H. The minimum absolute atomic E-state index is 0. The first kappa shape index (κ1) is 21.9. The maximum absolute atomic E-state index is 4.78. The topological polar surface area (TPSA) is 52.6 Å². The highest BCUT2D eigenvalue weighted by molar-refractivity contribution is 14.0. The Morgan fingerprint density at radius 2 is 2.00 bits per heavy atom. The lowest BCUT2D eigenvalue weighted by Gasteiger charge is -2.20. The molecule has 0 aliphatic carbocycles. The van der Waals surface area contributed by atoms with Crippen LogP contribution in [0.15, 0.2) is 29.3 Å². The first-order chi connectivity index (χ1) is 12.5. The molecule has 0 amide bonds. The largest absolute Gasteiger partial charge is 0.369 e. The quantitative estimate of drug-likeness (QED) is 0.371. The van der Waals surface area contributed by atoms with Gasteiger partial charge < -0.3 is 15.5 Å². The number of aryl methyl sites for hydroxylation is 3. The van der Waals surface area contributed by atoms with E-state index in [1.807, 2.05) is 6.92 Å². The number of hydrogen-bond acceptors (Lipinski definition) is 4. The van der Waals surface area contributed by atoms with Crippen LogP contribution in [0.25, 0.3) is 0 Å². The number of nitrogens with zero attached hydrogens (tertiary/aromatic N) is 3. The maximum atomic E-state index is 4.78. The summed E-state index contributed by atoms with van der Waals surface area (Å²) in [6.45, 7) is 12.0. The van der Waals surface area contributed by atoms with Crippen LogP contribution in [-0.4, -0.2) is 36.6 Å². The molecule has 1 aliphatic heterocycles. The second-order valence-corrected chi connectivity index (χ2v) is 8.14. The maximum Gasteiger partial charge on any atom is 0.191 e. The summed E-state index contributed by atoms with van der Waals surface area (Å²) in [5.74, 6) is 0.897. The van der Waals surface area contributed by atoms with Gasteiger partial charge in [-0.3, -0.25) is 0 Å². The van der Waals surface area contributed by atoms with E-state index in [0.29, 0.717) is 12.6 Å². The van der Waals surface area contributed by atoms with E-state index in [1.165, 1.54) is 16.1 Å². The molecule has 1 aliphatic rings. The van der Waals surface area contributed by atoms with E-state index >= 15 is 0 Å². The lowest BCUT2D eigenvalue weighted by Crippen LogP contribution is -2.44. The summed E-state index contributed by atoms with van der Waals surface area (Å²) < 4.78 is 0. The Bertz CT molecular complexity index is 756. The number of guanidine groups is 1. The fourth-order valence-electron chi connectivity index (χ4n) is 3.25. The van der Waals surface area contributed by atoms with Crippen molar-refractivity contribution in [2.45, 2.75) is 46.7 Å². The first-order valence-corrected chi connectivity index (χ1v) is 10.2. The molecule has 1 fully saturated rings. The Morgan fingerprint density at radius 3 is 2.63 bits per heavy atom. The molecular weight excluding hydrogens is 469 g/mol. The van der Waals surface area contributed by atoms with Crippen LogP contribution in [0.5, 0.6) is 0 Å². The van der Waals surface area contributed by atoms with Gasteiger partial charge >= 0.3 is 0 Å². The Morgan fingerprint density at radius 1 is 1.26 bits per heavy atom. The predicted octanol–water partition coefficient (Wildman–Crippen LogP) is 4.02. The zero-order valence-corrected chi connectivity index (χ0v) is 19.7. The molecule has 0 radical (unpaired) electrons. The van der Waals surface area contributed by atoms with E-state index in [0.717, 1.165) is 42.7 Å². The molecule has 5 nitrogen and oxygen atoms in total. The number of halogens is 1. The highest BCUT2D eigenvalue weighted by Crippen LogP contribution is 2.21. The molecule has 1 aromatic carbocycles. The summed E-state index contributed by atoms with van der Waals surface area (Å²) in [6, 6.07) is 9.21. The average Bonchev–Trinajstić information content (AvgIpc) is 3.20. The number of benzene rings is 1. The van der Waals surface area contributed by atoms with Crippen LogP contribution in [0.4, 0.5) is 5.69 Å². The zero-order chi connectivity index (χ0) is 18.5. The fourth-order valence-corrected chi connectivity index (χ4v) is 4.11. The van der Waals surface area contributed by atoms with Crippen molar-refractivity contribution in [3.8, 4) is 0 Å². The van der Waals surface area contributed by atoms with Crippen LogP contribution in [0.2, 0.25) is 0 Å². The van der Waals surface area contributed by atoms with E-state index in [2.05, 4.69) is 65.6 Å². The van der Waals surface area contributed by atoms with Crippen molar-refractivity contribution in [3.05, 3.63) is 45.4 Å². The van der Waals surface area contributed by atoms with Crippen LogP contribution in [-0.2, 0) is 6.54 Å². The molecule has 0 spiro atoms. The Hall–Kier alpha value is -1.35. The van der Waals surface area contributed by atoms with Gasteiger partial charge in [-0.05, 0) is 46.2 Å². The zero-order valence-electron chi connectivity index (χ0n) is 16.6. The molecule has 1 atom stereocenters. The second kappa shape index (κ2) is 10.3. The number of anilines is 1. The van der Waals surface area contributed by atoms with Gasteiger partial charge in [0.15, 0.2) is 5.96 Å². The normalized spacial score (nSPS) is 17.0. The lowest BCUT2D eigenvalue weighted by atomic mass is 10.2. The van der Waals surface area contributed by atoms with Gasteiger partial charge in [0.2, 0.25) is 0 Å². The third-order valence-corrected chi connectivity index (χ3v) is 5.71. The molecule has 3 rings (SSSR count). The summed E-state index contributed by atoms with van der Waals surface area (Å²) >= 11 is 1.73. The van der Waals surface area contributed by atoms with Gasteiger partial charge in [-0.1, -0.05) is 17.7 Å². The van der Waals surface area contributed by atoms with Gasteiger partial charge in [-0.2, -0.15) is 0 Å². The second-order valence-electron chi connectivity index (χ2n) is 6.85. The molecule has 27 heavy (non-hydrogen) atoms. The molecule has 0 saturated carbocycles. The average molecular weight is 499 g/mol. The smallest absolute Gasteiger partial charge is 0.191 e. The first-order valence-electron chi connectivity index (χ1n) is 9.34. The third-order valence-electron chi connectivity index (χ3n) is 4.65. The minimum Gasteiger partial charge on any atom is -0.369 e. The number of aromatic nitrogens is 1. The molecular formula is C20H30IN5S. The van der Waals surface area contributed by atoms with Gasteiger partial charge in [0.05, 0.1) is 17.2 Å². The molecule has 1 unspecified atom stereocenters.